The van der Waals surface area contributed by atoms with Gasteiger partial charge in [-0.1, -0.05) is 46.4 Å². The van der Waals surface area contributed by atoms with E-state index >= 15 is 0 Å². The summed E-state index contributed by atoms with van der Waals surface area (Å²) in [7, 11) is -0.416. The fraction of sp³-hybridized carbons (Fsp3) is 0.0984. The predicted octanol–water partition coefficient (Wildman–Crippen LogP) is 18.8. The fourth-order valence-corrected chi connectivity index (χ4v) is 12.6. The molecule has 0 spiro atoms. The number of esters is 1. The number of carbonyl (C=O) groups excluding carboxylic acids is 3. The summed E-state index contributed by atoms with van der Waals surface area (Å²) in [4.78, 5) is 65.5. The molecule has 8 heterocycles. The Bertz CT molecular complexity index is 5820. The average molecular weight is 1540 g/mol. The van der Waals surface area contributed by atoms with E-state index in [1.54, 1.807) is 34.0 Å². The maximum absolute atomic E-state index is 12.1. The van der Waals surface area contributed by atoms with Gasteiger partial charge in [-0.3, -0.25) is 29.5 Å². The lowest BCUT2D eigenvalue weighted by molar-refractivity contribution is 0.0522. The van der Waals surface area contributed by atoms with Crippen LogP contribution in [-0.4, -0.2) is 116 Å². The lowest BCUT2D eigenvalue weighted by atomic mass is 10.1. The molecule has 41 heteroatoms. The number of phenols is 4. The van der Waals surface area contributed by atoms with Crippen molar-refractivity contribution in [1.29, 1.82) is 0 Å². The van der Waals surface area contributed by atoms with Gasteiger partial charge in [0.2, 0.25) is 22.7 Å². The van der Waals surface area contributed by atoms with Crippen molar-refractivity contribution in [3.05, 3.63) is 180 Å². The Kier molecular flexibility index (Phi) is 23.6. The number of pyridine rings is 4. The Hall–Kier alpha value is -11.9. The summed E-state index contributed by atoms with van der Waals surface area (Å²) < 4.78 is 44.8. The quantitative estimate of drug-likeness (QED) is 0.0310. The average Bonchev–Trinajstić information content (AvgIpc) is 1.65. The number of azo groups is 4. The van der Waals surface area contributed by atoms with Crippen LogP contribution in [0, 0.1) is 33.2 Å². The number of amides is 2. The number of hydrogen-bond acceptors (Lipinski definition) is 30. The monoisotopic (exact) mass is 1540 g/mol. The number of nitrogens with two attached hydrogens (primary N) is 1. The van der Waals surface area contributed by atoms with Crippen molar-refractivity contribution in [3.8, 4) is 23.0 Å². The SMILES string of the molecule is [C-]#[N+]c1c(Cl)ncc2c(N=Nc3cc(C)c(O)c(C(N)=O)c3)snc12.[C-]#[N+]c1c(Cl)ncc2c(N=Nc3ccc(O)c(C(=O)N(C)C)c3)snc12.[C-]#[N+]c1c(Cl)ncc2c(N=Nc3ccc(O)c(C(=O)OCC)c3)snc12.[C-]#[N+]c1c(Cl)ncc2c(N=Nc3ccc(O)c(S(C)(=O)=O)c3)snc12. The molecule has 32 nitrogen and oxygen atoms in total. The van der Waals surface area contributed by atoms with Crippen molar-refractivity contribution in [3.63, 3.8) is 0 Å². The van der Waals surface area contributed by atoms with Gasteiger partial charge in [-0.25, -0.2) is 50.1 Å². The summed E-state index contributed by atoms with van der Waals surface area (Å²) in [5.41, 5.74) is 9.37. The first-order chi connectivity index (χ1) is 48.7. The van der Waals surface area contributed by atoms with Crippen molar-refractivity contribution < 1.29 is 48.0 Å². The van der Waals surface area contributed by atoms with Gasteiger partial charge in [0.15, 0.2) is 29.8 Å². The molecule has 0 aliphatic rings. The standard InChI is InChI=1S/C16H11ClN6O2S.C16H10ClN5O3S.C15H9ClN6O2S.C14H8ClN5O3S2/c1-18-13-12-10(7-19-14(13)17)15(26-22-12)21-20-8-4-5-11(24)9(6-8)16(25)23(2)3;1-3-25-16(24)9-6-8(4-5-11(9)23)20-21-15-10-7-19-14(17)13(18-2)12(10)22-26-15;1-6-3-7(4-8(12(6)23)14(17)24)20-21-15-9-5-19-13(16)11(18-2)10(9)22-25-15;1-16-12-11-8(6-17-13(12)15)14(24-20-11)19-18-7-3-4-9(21)10(5-7)25(2,22)23/h4-7,24H,2-3H3;4-7,23H,3H2,1H3;3-5,23H,1H3,(H2,17,24);3-6,21H,2H3. The molecular weight excluding hydrogens is 1500 g/mol. The van der Waals surface area contributed by atoms with Crippen LogP contribution in [0.2, 0.25) is 20.6 Å². The Balaban J connectivity index is 0.000000158. The smallest absolute Gasteiger partial charge is 0.341 e. The number of phenolic OH excluding ortho intramolecular Hbond substituents is 3. The van der Waals surface area contributed by atoms with E-state index in [0.717, 1.165) is 52.4 Å². The van der Waals surface area contributed by atoms with E-state index in [4.69, 9.17) is 83.2 Å². The van der Waals surface area contributed by atoms with Crippen LogP contribution < -0.4 is 5.73 Å². The number of fused-ring (bicyclic) bond motifs is 4. The highest BCUT2D eigenvalue weighted by Gasteiger charge is 2.22. The summed E-state index contributed by atoms with van der Waals surface area (Å²) in [5.74, 6) is -2.63. The number of benzene rings is 4. The molecule has 4 aromatic carbocycles. The van der Waals surface area contributed by atoms with Gasteiger partial charge in [0.1, 0.15) is 54.1 Å². The first-order valence-electron chi connectivity index (χ1n) is 27.8. The minimum atomic E-state index is -3.60. The van der Waals surface area contributed by atoms with E-state index in [1.807, 2.05) is 0 Å². The number of primary amides is 1. The second-order valence-electron chi connectivity index (χ2n) is 20.1. The topological polar surface area (TPSA) is 424 Å². The number of carbonyl (C=O) groups is 3. The minimum Gasteiger partial charge on any atom is -0.507 e. The molecule has 8 aromatic heterocycles. The molecule has 6 N–H and O–H groups in total. The van der Waals surface area contributed by atoms with Gasteiger partial charge in [-0.05, 0) is 132 Å². The third-order valence-corrected chi connectivity index (χ3v) is 18.4. The van der Waals surface area contributed by atoms with E-state index < -0.39 is 21.7 Å². The van der Waals surface area contributed by atoms with Crippen LogP contribution in [0.1, 0.15) is 43.6 Å². The zero-order valence-electron chi connectivity index (χ0n) is 52.1. The molecule has 12 rings (SSSR count). The van der Waals surface area contributed by atoms with Gasteiger partial charge < -0.3 is 35.8 Å². The van der Waals surface area contributed by atoms with Crippen LogP contribution in [0.15, 0.2) is 137 Å². The van der Waals surface area contributed by atoms with Gasteiger partial charge in [-0.15, -0.1) is 40.9 Å². The summed E-state index contributed by atoms with van der Waals surface area (Å²) >= 11 is 27.7. The largest absolute Gasteiger partial charge is 0.507 e. The molecule has 510 valence electrons. The van der Waals surface area contributed by atoms with E-state index in [2.05, 4.69) is 97.7 Å². The van der Waals surface area contributed by atoms with Crippen LogP contribution in [0.3, 0.4) is 0 Å². The van der Waals surface area contributed by atoms with Crippen LogP contribution >= 0.6 is 92.5 Å². The highest BCUT2D eigenvalue weighted by molar-refractivity contribution is 7.90. The van der Waals surface area contributed by atoms with Crippen LogP contribution in [0.25, 0.3) is 63.0 Å². The van der Waals surface area contributed by atoms with Crippen LogP contribution in [-0.2, 0) is 14.6 Å². The molecule has 0 aliphatic heterocycles. The molecule has 0 unspecified atom stereocenters. The van der Waals surface area contributed by atoms with Crippen molar-refractivity contribution in [1.82, 2.24) is 42.3 Å². The van der Waals surface area contributed by atoms with Gasteiger partial charge >= 0.3 is 5.97 Å². The molecule has 0 saturated heterocycles. The normalized spacial score (nSPS) is 11.2. The molecule has 0 fully saturated rings. The Morgan fingerprint density at radius 2 is 0.853 bits per heavy atom. The van der Waals surface area contributed by atoms with Crippen molar-refractivity contribution in [2.75, 3.05) is 27.0 Å². The summed E-state index contributed by atoms with van der Waals surface area (Å²) in [6.45, 7) is 32.1. The Labute approximate surface area is 610 Å². The van der Waals surface area contributed by atoms with Gasteiger partial charge in [0.25, 0.3) is 11.8 Å². The first kappa shape index (κ1) is 74.3. The fourth-order valence-electron chi connectivity index (χ4n) is 8.35. The molecule has 2 amide bonds. The van der Waals surface area contributed by atoms with E-state index in [0.29, 0.717) is 86.2 Å². The van der Waals surface area contributed by atoms with Crippen LogP contribution in [0.5, 0.6) is 23.0 Å². The second-order valence-corrected chi connectivity index (χ2v) is 26.5. The molecule has 0 bridgehead atoms. The number of halogens is 4. The highest BCUT2D eigenvalue weighted by Crippen LogP contribution is 2.44. The predicted molar refractivity (Wildman–Crippen MR) is 384 cm³/mol. The van der Waals surface area contributed by atoms with E-state index in [1.165, 1.54) is 90.4 Å². The summed E-state index contributed by atoms with van der Waals surface area (Å²) in [5, 5.41) is 75.9. The number of nitrogens with zero attached hydrogens (tertiary/aromatic N) is 21. The summed E-state index contributed by atoms with van der Waals surface area (Å²) in [6.07, 6.45) is 6.87. The van der Waals surface area contributed by atoms with Gasteiger partial charge in [0, 0.05) is 66.7 Å². The lowest BCUT2D eigenvalue weighted by Gasteiger charge is -2.11. The molecule has 0 aliphatic carbocycles. The van der Waals surface area contributed by atoms with Crippen molar-refractivity contribution >= 4 is 229 Å². The first-order valence-corrected chi connectivity index (χ1v) is 34.3. The molecule has 12 aromatic rings. The number of rotatable bonds is 13. The maximum Gasteiger partial charge on any atom is 0.341 e. The number of aryl methyl sites for hydroxylation is 1. The number of aromatic hydroxyl groups is 4. The third-order valence-electron chi connectivity index (χ3n) is 13.2. The third kappa shape index (κ3) is 16.7. The lowest BCUT2D eigenvalue weighted by Crippen LogP contribution is -2.21. The number of sulfone groups is 1. The maximum atomic E-state index is 12.1. The zero-order chi connectivity index (χ0) is 73.9. The number of aromatic nitrogens is 8. The second kappa shape index (κ2) is 32.4. The molecule has 0 atom stereocenters. The molecular formula is C61H38Cl4N22O10S5. The Morgan fingerprint density at radius 1 is 0.520 bits per heavy atom. The molecule has 102 heavy (non-hydrogen) atoms. The van der Waals surface area contributed by atoms with Gasteiger partial charge in [0.05, 0.1) is 88.8 Å². The molecule has 0 saturated carbocycles. The number of ether oxygens (including phenoxy) is 1. The van der Waals surface area contributed by atoms with Crippen LogP contribution in [0.4, 0.5) is 65.5 Å². The van der Waals surface area contributed by atoms with Crippen molar-refractivity contribution in [2.24, 2.45) is 46.6 Å². The van der Waals surface area contributed by atoms with E-state index in [-0.39, 0.29) is 106 Å². The number of hydrogen-bond donors (Lipinski definition) is 5. The zero-order valence-corrected chi connectivity index (χ0v) is 59.2. The van der Waals surface area contributed by atoms with Gasteiger partial charge in [-0.2, -0.15) is 0 Å². The Morgan fingerprint density at radius 3 is 1.20 bits per heavy atom. The molecule has 0 radical (unpaired) electrons. The van der Waals surface area contributed by atoms with E-state index in [9.17, 15) is 43.2 Å². The highest BCUT2D eigenvalue weighted by atomic mass is 35.5. The summed E-state index contributed by atoms with van der Waals surface area (Å²) in [6, 6.07) is 15.4. The minimum absolute atomic E-state index is 0.00111. The van der Waals surface area contributed by atoms with Crippen molar-refractivity contribution in [2.45, 2.75) is 18.7 Å².